The quantitative estimate of drug-likeness (QED) is 0.795. The maximum Gasteiger partial charge on any atom is 0.225 e. The van der Waals surface area contributed by atoms with Gasteiger partial charge in [0.2, 0.25) is 5.95 Å². The zero-order chi connectivity index (χ0) is 16.0. The third-order valence-electron chi connectivity index (χ3n) is 5.15. The number of aromatic nitrogens is 2. The minimum absolute atomic E-state index is 0.0260. The summed E-state index contributed by atoms with van der Waals surface area (Å²) >= 11 is 0. The summed E-state index contributed by atoms with van der Waals surface area (Å²) < 4.78 is 0. The molecule has 2 aliphatic rings. The van der Waals surface area contributed by atoms with Crippen LogP contribution in [0.4, 0.5) is 5.95 Å². The van der Waals surface area contributed by atoms with Crippen molar-refractivity contribution in [2.75, 3.05) is 18.0 Å². The Hall–Kier alpha value is -2.22. The Morgan fingerprint density at radius 2 is 2.00 bits per heavy atom. The van der Waals surface area contributed by atoms with Crippen LogP contribution < -0.4 is 4.90 Å². The molecule has 3 rings (SSSR count). The highest BCUT2D eigenvalue weighted by atomic mass is 16.1. The average Bonchev–Trinajstić information content (AvgIpc) is 2.51. The Labute approximate surface area is 130 Å². The van der Waals surface area contributed by atoms with E-state index in [4.69, 9.17) is 0 Å². The predicted octanol–water partition coefficient (Wildman–Crippen LogP) is 2.37. The van der Waals surface area contributed by atoms with Gasteiger partial charge in [0.15, 0.2) is 5.78 Å². The lowest BCUT2D eigenvalue weighted by Crippen LogP contribution is -2.56. The van der Waals surface area contributed by atoms with Gasteiger partial charge in [-0.15, -0.1) is 0 Å². The molecule has 0 aromatic carbocycles. The standard InChI is InChI=1S/C17H20N4O/c1-16(2)13-5-8-21(15-19-6-4-7-20-15)11-17(13,3)9-12(10-18)14(16)22/h4,6-7,9,13H,5,8,11H2,1-3H3/t13-,17+/m1/s1. The maximum atomic E-state index is 12.5. The zero-order valence-electron chi connectivity index (χ0n) is 13.2. The number of ketones is 1. The summed E-state index contributed by atoms with van der Waals surface area (Å²) in [5.41, 5.74) is -0.433. The molecule has 0 bridgehead atoms. The molecule has 2 heterocycles. The topological polar surface area (TPSA) is 69.9 Å². The van der Waals surface area contributed by atoms with Crippen LogP contribution >= 0.6 is 0 Å². The molecule has 1 aromatic rings. The van der Waals surface area contributed by atoms with Gasteiger partial charge in [-0.25, -0.2) is 9.97 Å². The van der Waals surface area contributed by atoms with Crippen LogP contribution in [-0.4, -0.2) is 28.8 Å². The molecule has 0 spiro atoms. The van der Waals surface area contributed by atoms with E-state index in [0.29, 0.717) is 11.5 Å². The SMILES string of the molecule is CC1(C)C(=O)C(C#N)=C[C@@]2(C)CN(c3ncccn3)CC[C@H]12. The van der Waals surface area contributed by atoms with E-state index in [2.05, 4.69) is 27.9 Å². The largest absolute Gasteiger partial charge is 0.340 e. The molecule has 1 aliphatic carbocycles. The maximum absolute atomic E-state index is 12.5. The highest BCUT2D eigenvalue weighted by Gasteiger charge is 2.53. The van der Waals surface area contributed by atoms with Gasteiger partial charge in [0.1, 0.15) is 6.07 Å². The predicted molar refractivity (Wildman–Crippen MR) is 82.9 cm³/mol. The highest BCUT2D eigenvalue weighted by Crippen LogP contribution is 2.52. The van der Waals surface area contributed by atoms with E-state index in [-0.39, 0.29) is 17.1 Å². The Bertz CT molecular complexity index is 674. The van der Waals surface area contributed by atoms with Gasteiger partial charge in [-0.05, 0) is 18.4 Å². The number of allylic oxidation sites excluding steroid dienone is 1. The monoisotopic (exact) mass is 296 g/mol. The normalized spacial score (nSPS) is 30.3. The van der Waals surface area contributed by atoms with Gasteiger partial charge in [0, 0.05) is 36.3 Å². The molecule has 1 saturated heterocycles. The van der Waals surface area contributed by atoms with Gasteiger partial charge in [0.05, 0.1) is 5.57 Å². The molecule has 2 atom stereocenters. The fraction of sp³-hybridized carbons (Fsp3) is 0.529. The van der Waals surface area contributed by atoms with Crippen molar-refractivity contribution in [3.05, 3.63) is 30.1 Å². The molecule has 0 saturated carbocycles. The summed E-state index contributed by atoms with van der Waals surface area (Å²) in [5, 5.41) is 9.30. The van der Waals surface area contributed by atoms with Gasteiger partial charge < -0.3 is 4.90 Å². The number of hydrogen-bond donors (Lipinski definition) is 0. The number of fused-ring (bicyclic) bond motifs is 1. The van der Waals surface area contributed by atoms with E-state index in [1.54, 1.807) is 18.5 Å². The molecule has 0 N–H and O–H groups in total. The van der Waals surface area contributed by atoms with Crippen LogP contribution in [-0.2, 0) is 4.79 Å². The Kier molecular flexibility index (Phi) is 3.28. The van der Waals surface area contributed by atoms with E-state index in [0.717, 1.165) is 19.5 Å². The minimum Gasteiger partial charge on any atom is -0.340 e. The molecule has 0 radical (unpaired) electrons. The van der Waals surface area contributed by atoms with E-state index in [1.807, 2.05) is 19.9 Å². The van der Waals surface area contributed by atoms with Crippen LogP contribution in [0.3, 0.4) is 0 Å². The summed E-state index contributed by atoms with van der Waals surface area (Å²) in [6.45, 7) is 7.63. The zero-order valence-corrected chi connectivity index (χ0v) is 13.2. The van der Waals surface area contributed by atoms with E-state index in [1.165, 1.54) is 0 Å². The van der Waals surface area contributed by atoms with Gasteiger partial charge in [-0.1, -0.05) is 26.8 Å². The molecule has 1 aliphatic heterocycles. The number of piperidine rings is 1. The Morgan fingerprint density at radius 3 is 2.64 bits per heavy atom. The molecule has 0 amide bonds. The molecular weight excluding hydrogens is 276 g/mol. The van der Waals surface area contributed by atoms with Crippen LogP contribution in [0.15, 0.2) is 30.1 Å². The number of nitrogens with zero attached hydrogens (tertiary/aromatic N) is 4. The molecule has 1 fully saturated rings. The van der Waals surface area contributed by atoms with Crippen molar-refractivity contribution in [2.24, 2.45) is 16.7 Å². The molecule has 5 heteroatoms. The lowest BCUT2D eigenvalue weighted by molar-refractivity contribution is -0.130. The van der Waals surface area contributed by atoms with Crippen LogP contribution in [0, 0.1) is 28.1 Å². The third kappa shape index (κ3) is 2.10. The van der Waals surface area contributed by atoms with E-state index in [9.17, 15) is 10.1 Å². The molecule has 5 nitrogen and oxygen atoms in total. The second-order valence-electron chi connectivity index (χ2n) is 7.04. The molecule has 22 heavy (non-hydrogen) atoms. The second-order valence-corrected chi connectivity index (χ2v) is 7.04. The summed E-state index contributed by atoms with van der Waals surface area (Å²) in [6.07, 6.45) is 6.24. The minimum atomic E-state index is -0.502. The summed E-state index contributed by atoms with van der Waals surface area (Å²) in [5.74, 6) is 0.912. The second kappa shape index (κ2) is 4.91. The Morgan fingerprint density at radius 1 is 1.32 bits per heavy atom. The van der Waals surface area contributed by atoms with Crippen molar-refractivity contribution >= 4 is 11.7 Å². The third-order valence-corrected chi connectivity index (χ3v) is 5.15. The van der Waals surface area contributed by atoms with Crippen molar-refractivity contribution in [1.82, 2.24) is 9.97 Å². The number of rotatable bonds is 1. The van der Waals surface area contributed by atoms with E-state index < -0.39 is 5.41 Å². The molecular formula is C17H20N4O. The van der Waals surface area contributed by atoms with Crippen LogP contribution in [0.5, 0.6) is 0 Å². The Balaban J connectivity index is 1.99. The number of anilines is 1. The molecule has 114 valence electrons. The number of carbonyl (C=O) groups is 1. The van der Waals surface area contributed by atoms with Crippen molar-refractivity contribution in [1.29, 1.82) is 5.26 Å². The van der Waals surface area contributed by atoms with Crippen molar-refractivity contribution in [2.45, 2.75) is 27.2 Å². The van der Waals surface area contributed by atoms with Crippen molar-refractivity contribution < 1.29 is 4.79 Å². The molecule has 1 aromatic heterocycles. The van der Waals surface area contributed by atoms with Gasteiger partial charge >= 0.3 is 0 Å². The first kappa shape index (κ1) is 14.7. The molecule has 0 unspecified atom stereocenters. The highest BCUT2D eigenvalue weighted by molar-refractivity contribution is 6.04. The first-order chi connectivity index (χ1) is 10.4. The van der Waals surface area contributed by atoms with Gasteiger partial charge in [-0.3, -0.25) is 4.79 Å². The van der Waals surface area contributed by atoms with Gasteiger partial charge in [0.25, 0.3) is 0 Å². The van der Waals surface area contributed by atoms with Crippen LogP contribution in [0.25, 0.3) is 0 Å². The first-order valence-corrected chi connectivity index (χ1v) is 7.58. The first-order valence-electron chi connectivity index (χ1n) is 7.58. The fourth-order valence-corrected chi connectivity index (χ4v) is 4.16. The fourth-order valence-electron chi connectivity index (χ4n) is 4.16. The number of carbonyl (C=O) groups excluding carboxylic acids is 1. The van der Waals surface area contributed by atoms with Gasteiger partial charge in [-0.2, -0.15) is 5.26 Å². The summed E-state index contributed by atoms with van der Waals surface area (Å²) in [7, 11) is 0. The lowest BCUT2D eigenvalue weighted by Gasteiger charge is -2.52. The number of Topliss-reactive ketones (excluding diaryl/α,β-unsaturated/α-hetero) is 1. The lowest BCUT2D eigenvalue weighted by atomic mass is 9.55. The van der Waals surface area contributed by atoms with E-state index >= 15 is 0 Å². The smallest absolute Gasteiger partial charge is 0.225 e. The number of nitriles is 1. The average molecular weight is 296 g/mol. The summed E-state index contributed by atoms with van der Waals surface area (Å²) in [6, 6.07) is 3.88. The van der Waals surface area contributed by atoms with Crippen molar-refractivity contribution in [3.63, 3.8) is 0 Å². The summed E-state index contributed by atoms with van der Waals surface area (Å²) in [4.78, 5) is 23.3. The van der Waals surface area contributed by atoms with Crippen molar-refractivity contribution in [3.8, 4) is 6.07 Å². The van der Waals surface area contributed by atoms with Crippen LogP contribution in [0.2, 0.25) is 0 Å². The van der Waals surface area contributed by atoms with Crippen LogP contribution in [0.1, 0.15) is 27.2 Å². The number of hydrogen-bond acceptors (Lipinski definition) is 5.